The molecule has 1 aliphatic rings. The highest BCUT2D eigenvalue weighted by Gasteiger charge is 2.34. The molecular formula is C35H48ClF2N3O4. The SMILES string of the molecule is C/C=C(/C)C(C)(C)C.CC.CCCCO.COc1ccc(CN2Cc3nc(-c4c(F)cccc4F)nc(Cl)c3C2=O)c(OC)c1. The van der Waals surface area contributed by atoms with Gasteiger partial charge in [-0.05, 0) is 49.9 Å². The molecule has 7 nitrogen and oxygen atoms in total. The summed E-state index contributed by atoms with van der Waals surface area (Å²) in [7, 11) is 3.07. The van der Waals surface area contributed by atoms with Crippen molar-refractivity contribution >= 4 is 17.5 Å². The quantitative estimate of drug-likeness (QED) is 0.203. The van der Waals surface area contributed by atoms with Gasteiger partial charge in [0.2, 0.25) is 0 Å². The number of benzene rings is 2. The summed E-state index contributed by atoms with van der Waals surface area (Å²) in [6.07, 6.45) is 4.20. The second kappa shape index (κ2) is 19.1. The number of rotatable bonds is 7. The molecule has 0 spiro atoms. The number of amides is 1. The number of hydrogen-bond donors (Lipinski definition) is 1. The van der Waals surface area contributed by atoms with Gasteiger partial charge in [-0.25, -0.2) is 18.7 Å². The van der Waals surface area contributed by atoms with Crippen molar-refractivity contribution in [3.63, 3.8) is 0 Å². The molecule has 0 saturated heterocycles. The van der Waals surface area contributed by atoms with Gasteiger partial charge in [-0.2, -0.15) is 0 Å². The Morgan fingerprint density at radius 2 is 1.69 bits per heavy atom. The van der Waals surface area contributed by atoms with Crippen LogP contribution in [-0.2, 0) is 13.1 Å². The standard InChI is InChI=1S/C21H16ClF2N3O3.C8H16.C4H10O.C2H6/c1-29-12-7-6-11(16(8-12)30-2)9-27-10-15-18(21(27)28)19(22)26-20(25-15)17-13(23)4-3-5-14(17)24;1-6-7(2)8(3,4)5;1-2-3-4-5;1-2/h3-8H,9-10H2,1-2H3;6H,1-5H3;5H,2-4H2,1H3;1-2H3/b;7-6-;;. The molecule has 0 atom stereocenters. The first-order valence-electron chi connectivity index (χ1n) is 15.1. The average Bonchev–Trinajstić information content (AvgIpc) is 3.33. The smallest absolute Gasteiger partial charge is 0.259 e. The number of allylic oxidation sites excluding steroid dienone is 2. The van der Waals surface area contributed by atoms with Crippen molar-refractivity contribution in [2.45, 2.75) is 81.3 Å². The highest BCUT2D eigenvalue weighted by molar-refractivity contribution is 6.33. The summed E-state index contributed by atoms with van der Waals surface area (Å²) in [6, 6.07) is 8.73. The lowest BCUT2D eigenvalue weighted by atomic mass is 9.88. The van der Waals surface area contributed by atoms with Crippen LogP contribution < -0.4 is 9.47 Å². The number of nitrogens with zero attached hydrogens (tertiary/aromatic N) is 3. The zero-order valence-corrected chi connectivity index (χ0v) is 29.0. The molecular weight excluding hydrogens is 600 g/mol. The van der Waals surface area contributed by atoms with Gasteiger partial charge in [0.1, 0.15) is 33.9 Å². The van der Waals surface area contributed by atoms with Gasteiger partial charge in [0.05, 0.1) is 38.6 Å². The number of hydrogen-bond acceptors (Lipinski definition) is 6. The van der Waals surface area contributed by atoms with Gasteiger partial charge in [-0.1, -0.05) is 77.3 Å². The number of ether oxygens (including phenoxy) is 2. The van der Waals surface area contributed by atoms with E-state index in [1.807, 2.05) is 13.8 Å². The number of fused-ring (bicyclic) bond motifs is 1. The topological polar surface area (TPSA) is 84.8 Å². The fraction of sp³-hybridized carbons (Fsp3) is 0.457. The van der Waals surface area contributed by atoms with E-state index in [1.165, 1.54) is 23.6 Å². The summed E-state index contributed by atoms with van der Waals surface area (Å²) in [5, 5.41) is 7.92. The number of carbonyl (C=O) groups excluding carboxylic acids is 1. The summed E-state index contributed by atoms with van der Waals surface area (Å²) in [5.41, 5.74) is 2.63. The summed E-state index contributed by atoms with van der Waals surface area (Å²) in [4.78, 5) is 22.6. The second-order valence-electron chi connectivity index (χ2n) is 10.9. The number of methoxy groups -OCH3 is 2. The van der Waals surface area contributed by atoms with Gasteiger partial charge in [0.25, 0.3) is 5.91 Å². The van der Waals surface area contributed by atoms with Gasteiger partial charge in [0.15, 0.2) is 5.82 Å². The van der Waals surface area contributed by atoms with Crippen molar-refractivity contribution in [1.29, 1.82) is 0 Å². The van der Waals surface area contributed by atoms with E-state index in [9.17, 15) is 13.6 Å². The third kappa shape index (κ3) is 11.1. The molecule has 3 aromatic rings. The molecule has 1 aromatic heterocycles. The van der Waals surface area contributed by atoms with Crippen LogP contribution in [0.5, 0.6) is 11.5 Å². The highest BCUT2D eigenvalue weighted by Crippen LogP contribution is 2.34. The van der Waals surface area contributed by atoms with E-state index in [1.54, 1.807) is 25.3 Å². The molecule has 1 N–H and O–H groups in total. The number of aromatic nitrogens is 2. The summed E-state index contributed by atoms with van der Waals surface area (Å²) < 4.78 is 38.9. The normalized spacial score (nSPS) is 12.2. The Balaban J connectivity index is 0.000000565. The maximum absolute atomic E-state index is 14.1. The largest absolute Gasteiger partial charge is 0.497 e. The number of carbonyl (C=O) groups is 1. The van der Waals surface area contributed by atoms with Crippen LogP contribution >= 0.6 is 11.6 Å². The van der Waals surface area contributed by atoms with Crippen LogP contribution in [0.25, 0.3) is 11.4 Å². The van der Waals surface area contributed by atoms with Crippen molar-refractivity contribution in [2.75, 3.05) is 20.8 Å². The first-order chi connectivity index (χ1) is 21.3. The number of aliphatic hydroxyl groups excluding tert-OH is 1. The summed E-state index contributed by atoms with van der Waals surface area (Å²) in [5.74, 6) is -1.01. The van der Waals surface area contributed by atoms with E-state index in [2.05, 4.69) is 57.6 Å². The highest BCUT2D eigenvalue weighted by atomic mass is 35.5. The Labute approximate surface area is 272 Å². The van der Waals surface area contributed by atoms with Crippen LogP contribution in [0.1, 0.15) is 89.8 Å². The zero-order chi connectivity index (χ0) is 34.3. The van der Waals surface area contributed by atoms with E-state index in [0.717, 1.165) is 30.5 Å². The molecule has 1 amide bonds. The van der Waals surface area contributed by atoms with Crippen molar-refractivity contribution in [1.82, 2.24) is 14.9 Å². The van der Waals surface area contributed by atoms with Crippen LogP contribution in [0, 0.1) is 17.0 Å². The Hall–Kier alpha value is -3.56. The molecule has 0 bridgehead atoms. The minimum atomic E-state index is -0.810. The number of halogens is 3. The molecule has 0 aliphatic carbocycles. The molecule has 45 heavy (non-hydrogen) atoms. The van der Waals surface area contributed by atoms with Crippen LogP contribution in [0.15, 0.2) is 48.0 Å². The van der Waals surface area contributed by atoms with Crippen LogP contribution in [-0.4, -0.2) is 46.7 Å². The molecule has 0 unspecified atom stereocenters. The number of unbranched alkanes of at least 4 members (excludes halogenated alkanes) is 1. The lowest BCUT2D eigenvalue weighted by Gasteiger charge is -2.18. The lowest BCUT2D eigenvalue weighted by molar-refractivity contribution is 0.0765. The first kappa shape index (κ1) is 39.5. The molecule has 1 aliphatic heterocycles. The predicted octanol–water partition coefficient (Wildman–Crippen LogP) is 9.05. The second-order valence-corrected chi connectivity index (χ2v) is 11.3. The molecule has 0 fully saturated rings. The maximum atomic E-state index is 14.1. The molecule has 0 radical (unpaired) electrons. The Morgan fingerprint density at radius 1 is 1.07 bits per heavy atom. The minimum Gasteiger partial charge on any atom is -0.497 e. The molecule has 2 aromatic carbocycles. The Bertz CT molecular complexity index is 1400. The monoisotopic (exact) mass is 647 g/mol. The van der Waals surface area contributed by atoms with Gasteiger partial charge < -0.3 is 19.5 Å². The van der Waals surface area contributed by atoms with Gasteiger partial charge in [0, 0.05) is 18.2 Å². The van der Waals surface area contributed by atoms with Crippen LogP contribution in [0.3, 0.4) is 0 Å². The third-order valence-corrected chi connectivity index (χ3v) is 7.22. The van der Waals surface area contributed by atoms with Crippen molar-refractivity contribution in [3.05, 3.63) is 81.7 Å². The molecule has 10 heteroatoms. The Morgan fingerprint density at radius 3 is 2.13 bits per heavy atom. The van der Waals surface area contributed by atoms with Crippen molar-refractivity contribution < 1.29 is 28.2 Å². The van der Waals surface area contributed by atoms with Gasteiger partial charge in [-0.15, -0.1) is 0 Å². The zero-order valence-electron chi connectivity index (χ0n) is 28.2. The van der Waals surface area contributed by atoms with E-state index >= 15 is 0 Å². The Kier molecular flexibility index (Phi) is 16.7. The van der Waals surface area contributed by atoms with E-state index in [4.69, 9.17) is 26.2 Å². The minimum absolute atomic E-state index is 0.120. The molecule has 2 heterocycles. The van der Waals surface area contributed by atoms with E-state index < -0.39 is 11.6 Å². The fourth-order valence-electron chi connectivity index (χ4n) is 3.94. The van der Waals surface area contributed by atoms with Gasteiger partial charge >= 0.3 is 0 Å². The van der Waals surface area contributed by atoms with E-state index in [0.29, 0.717) is 29.2 Å². The van der Waals surface area contributed by atoms with Gasteiger partial charge in [-0.3, -0.25) is 4.79 Å². The molecule has 248 valence electrons. The first-order valence-corrected chi connectivity index (χ1v) is 15.5. The predicted molar refractivity (Wildman–Crippen MR) is 178 cm³/mol. The fourth-order valence-corrected chi connectivity index (χ4v) is 4.21. The van der Waals surface area contributed by atoms with Crippen molar-refractivity contribution in [2.24, 2.45) is 5.41 Å². The third-order valence-electron chi connectivity index (χ3n) is 6.95. The lowest BCUT2D eigenvalue weighted by Crippen LogP contribution is -2.23. The summed E-state index contributed by atoms with van der Waals surface area (Å²) in [6.45, 7) is 17.7. The van der Waals surface area contributed by atoms with Crippen LogP contribution in [0.4, 0.5) is 8.78 Å². The summed E-state index contributed by atoms with van der Waals surface area (Å²) >= 11 is 6.21. The molecule has 4 rings (SSSR count). The average molecular weight is 648 g/mol. The molecule has 0 saturated carbocycles. The van der Waals surface area contributed by atoms with Crippen molar-refractivity contribution in [3.8, 4) is 22.9 Å². The number of aliphatic hydroxyl groups is 1. The van der Waals surface area contributed by atoms with E-state index in [-0.39, 0.29) is 41.1 Å². The maximum Gasteiger partial charge on any atom is 0.259 e. The van der Waals surface area contributed by atoms with Crippen LogP contribution in [0.2, 0.25) is 5.15 Å².